The summed E-state index contributed by atoms with van der Waals surface area (Å²) in [5, 5.41) is 0. The van der Waals surface area contributed by atoms with Crippen molar-refractivity contribution in [1.82, 2.24) is 9.29 Å². The van der Waals surface area contributed by atoms with E-state index in [1.54, 1.807) is 12.1 Å². The molecule has 0 fully saturated rings. The molecule has 2 rings (SSSR count). The van der Waals surface area contributed by atoms with Crippen LogP contribution in [-0.4, -0.2) is 26.6 Å². The van der Waals surface area contributed by atoms with Crippen molar-refractivity contribution in [3.8, 4) is 5.75 Å². The molecule has 0 atom stereocenters. The van der Waals surface area contributed by atoms with Crippen molar-refractivity contribution in [1.29, 1.82) is 0 Å². The summed E-state index contributed by atoms with van der Waals surface area (Å²) in [7, 11) is -0.170. The minimum absolute atomic E-state index is 0.186. The van der Waals surface area contributed by atoms with Crippen molar-refractivity contribution in [2.45, 2.75) is 25.2 Å². The summed E-state index contributed by atoms with van der Waals surface area (Å²) in [6.07, 6.45) is 4.56. The molecule has 0 aliphatic rings. The van der Waals surface area contributed by atoms with E-state index in [-0.39, 0.29) is 4.90 Å². The molecule has 0 bridgehead atoms. The van der Waals surface area contributed by atoms with Crippen LogP contribution in [0.2, 0.25) is 0 Å². The van der Waals surface area contributed by atoms with E-state index in [1.807, 2.05) is 43.9 Å². The zero-order valence-electron chi connectivity index (χ0n) is 13.4. The first-order valence-electron chi connectivity index (χ1n) is 7.09. The highest BCUT2D eigenvalue weighted by molar-refractivity contribution is 7.89. The summed E-state index contributed by atoms with van der Waals surface area (Å²) in [5.74, 6) is 0.371. The van der Waals surface area contributed by atoms with Crippen LogP contribution in [0.15, 0.2) is 35.5 Å². The predicted octanol–water partition coefficient (Wildman–Crippen LogP) is 2.17. The molecule has 120 valence electrons. The van der Waals surface area contributed by atoms with E-state index in [0.29, 0.717) is 18.7 Å². The molecule has 1 aromatic heterocycles. The number of sulfonamides is 1. The average molecular weight is 322 g/mol. The third-order valence-corrected chi connectivity index (χ3v) is 5.15. The molecule has 1 N–H and O–H groups in total. The molecule has 6 heteroatoms. The van der Waals surface area contributed by atoms with E-state index in [2.05, 4.69) is 4.72 Å². The monoisotopic (exact) mass is 322 g/mol. The Balaban J connectivity index is 2.14. The predicted molar refractivity (Wildman–Crippen MR) is 86.8 cm³/mol. The fourth-order valence-corrected chi connectivity index (χ4v) is 3.51. The van der Waals surface area contributed by atoms with Gasteiger partial charge in [-0.3, -0.25) is 0 Å². The van der Waals surface area contributed by atoms with Crippen LogP contribution in [0.25, 0.3) is 0 Å². The molecule has 2 aromatic rings. The van der Waals surface area contributed by atoms with E-state index < -0.39 is 10.0 Å². The molecule has 0 saturated heterocycles. The van der Waals surface area contributed by atoms with E-state index in [0.717, 1.165) is 16.7 Å². The second-order valence-corrected chi connectivity index (χ2v) is 7.16. The second-order valence-electron chi connectivity index (χ2n) is 5.42. The Morgan fingerprint density at radius 2 is 1.91 bits per heavy atom. The van der Waals surface area contributed by atoms with Crippen molar-refractivity contribution < 1.29 is 13.2 Å². The SMILES string of the molecule is COc1cc(C)c(C)cc1S(=O)(=O)NCCc1ccn(C)c1. The molecule has 0 aliphatic heterocycles. The zero-order chi connectivity index (χ0) is 16.3. The number of ether oxygens (including phenoxy) is 1. The number of benzene rings is 1. The molecule has 5 nitrogen and oxygen atoms in total. The largest absolute Gasteiger partial charge is 0.495 e. The smallest absolute Gasteiger partial charge is 0.244 e. The number of nitrogens with zero attached hydrogens (tertiary/aromatic N) is 1. The normalized spacial score (nSPS) is 11.6. The Kier molecular flexibility index (Phi) is 4.93. The minimum atomic E-state index is -3.59. The quantitative estimate of drug-likeness (QED) is 0.887. The van der Waals surface area contributed by atoms with Crippen LogP contribution in [0.3, 0.4) is 0 Å². The highest BCUT2D eigenvalue weighted by Crippen LogP contribution is 2.27. The van der Waals surface area contributed by atoms with Crippen LogP contribution in [0, 0.1) is 13.8 Å². The highest BCUT2D eigenvalue weighted by atomic mass is 32.2. The number of hydrogen-bond donors (Lipinski definition) is 1. The van der Waals surface area contributed by atoms with Crippen molar-refractivity contribution >= 4 is 10.0 Å². The lowest BCUT2D eigenvalue weighted by Crippen LogP contribution is -2.26. The van der Waals surface area contributed by atoms with Crippen LogP contribution in [0.4, 0.5) is 0 Å². The second kappa shape index (κ2) is 6.54. The van der Waals surface area contributed by atoms with Gasteiger partial charge in [-0.1, -0.05) is 0 Å². The molecular weight excluding hydrogens is 300 g/mol. The van der Waals surface area contributed by atoms with Crippen molar-refractivity contribution in [3.05, 3.63) is 47.3 Å². The summed E-state index contributed by atoms with van der Waals surface area (Å²) < 4.78 is 34.7. The van der Waals surface area contributed by atoms with Crippen LogP contribution in [-0.2, 0) is 23.5 Å². The molecule has 0 saturated carbocycles. The lowest BCUT2D eigenvalue weighted by molar-refractivity contribution is 0.402. The first-order valence-corrected chi connectivity index (χ1v) is 8.57. The maximum atomic E-state index is 12.5. The molecule has 0 spiro atoms. The Bertz CT molecular complexity index is 764. The van der Waals surface area contributed by atoms with E-state index in [9.17, 15) is 8.42 Å². The Hall–Kier alpha value is -1.79. The fourth-order valence-electron chi connectivity index (χ4n) is 2.25. The Morgan fingerprint density at radius 3 is 2.50 bits per heavy atom. The molecule has 1 aromatic carbocycles. The van der Waals surface area contributed by atoms with Gasteiger partial charge in [0.25, 0.3) is 0 Å². The number of hydrogen-bond acceptors (Lipinski definition) is 3. The van der Waals surface area contributed by atoms with Gasteiger partial charge in [-0.15, -0.1) is 0 Å². The lowest BCUT2D eigenvalue weighted by atomic mass is 10.1. The summed E-state index contributed by atoms with van der Waals surface area (Å²) in [6.45, 7) is 4.16. The molecule has 0 amide bonds. The molecule has 1 heterocycles. The number of nitrogens with one attached hydrogen (secondary N) is 1. The van der Waals surface area contributed by atoms with Gasteiger partial charge >= 0.3 is 0 Å². The molecule has 0 aliphatic carbocycles. The maximum absolute atomic E-state index is 12.5. The molecular formula is C16H22N2O3S. The molecule has 0 radical (unpaired) electrons. The van der Waals surface area contributed by atoms with Crippen LogP contribution in [0.5, 0.6) is 5.75 Å². The van der Waals surface area contributed by atoms with Crippen molar-refractivity contribution in [2.75, 3.05) is 13.7 Å². The van der Waals surface area contributed by atoms with Gasteiger partial charge in [0.05, 0.1) is 7.11 Å². The first kappa shape index (κ1) is 16.6. The van der Waals surface area contributed by atoms with E-state index >= 15 is 0 Å². The molecule has 22 heavy (non-hydrogen) atoms. The topological polar surface area (TPSA) is 60.3 Å². The van der Waals surface area contributed by atoms with Gasteiger partial charge in [-0.25, -0.2) is 13.1 Å². The van der Waals surface area contributed by atoms with E-state index in [1.165, 1.54) is 7.11 Å². The first-order chi connectivity index (χ1) is 10.3. The lowest BCUT2D eigenvalue weighted by Gasteiger charge is -2.13. The van der Waals surface area contributed by atoms with E-state index in [4.69, 9.17) is 4.74 Å². The zero-order valence-corrected chi connectivity index (χ0v) is 14.2. The van der Waals surface area contributed by atoms with Crippen molar-refractivity contribution in [3.63, 3.8) is 0 Å². The van der Waals surface area contributed by atoms with Gasteiger partial charge in [0.1, 0.15) is 10.6 Å². The average Bonchev–Trinajstić information content (AvgIpc) is 2.86. The minimum Gasteiger partial charge on any atom is -0.495 e. The Labute approximate surface area is 132 Å². The summed E-state index contributed by atoms with van der Waals surface area (Å²) >= 11 is 0. The number of aromatic nitrogens is 1. The van der Waals surface area contributed by atoms with Crippen LogP contribution < -0.4 is 9.46 Å². The Morgan fingerprint density at radius 1 is 1.23 bits per heavy atom. The standard InChI is InChI=1S/C16H22N2O3S/c1-12-9-15(21-4)16(10-13(12)2)22(19,20)17-7-5-14-6-8-18(3)11-14/h6,8-11,17H,5,7H2,1-4H3. The summed E-state index contributed by atoms with van der Waals surface area (Å²) in [6, 6.07) is 5.38. The van der Waals surface area contributed by atoms with Gasteiger partial charge in [0, 0.05) is 26.0 Å². The summed E-state index contributed by atoms with van der Waals surface area (Å²) in [4.78, 5) is 0.186. The maximum Gasteiger partial charge on any atom is 0.244 e. The van der Waals surface area contributed by atoms with Crippen LogP contribution in [0.1, 0.15) is 16.7 Å². The van der Waals surface area contributed by atoms with Gasteiger partial charge in [-0.2, -0.15) is 0 Å². The third kappa shape index (κ3) is 3.69. The third-order valence-electron chi connectivity index (χ3n) is 3.67. The number of aryl methyl sites for hydroxylation is 3. The highest BCUT2D eigenvalue weighted by Gasteiger charge is 2.20. The van der Waals surface area contributed by atoms with Gasteiger partial charge in [-0.05, 0) is 55.2 Å². The number of rotatable bonds is 6. The van der Waals surface area contributed by atoms with Gasteiger partial charge in [0.15, 0.2) is 0 Å². The van der Waals surface area contributed by atoms with Crippen molar-refractivity contribution in [2.24, 2.45) is 7.05 Å². The van der Waals surface area contributed by atoms with Gasteiger partial charge in [0.2, 0.25) is 10.0 Å². The number of methoxy groups -OCH3 is 1. The fraction of sp³-hybridized carbons (Fsp3) is 0.375. The van der Waals surface area contributed by atoms with Gasteiger partial charge < -0.3 is 9.30 Å². The molecule has 0 unspecified atom stereocenters. The van der Waals surface area contributed by atoms with Crippen LogP contribution >= 0.6 is 0 Å². The summed E-state index contributed by atoms with van der Waals surface area (Å²) in [5.41, 5.74) is 3.02.